The molecule has 0 unspecified atom stereocenters. The molecule has 0 amide bonds. The van der Waals surface area contributed by atoms with E-state index in [0.29, 0.717) is 12.1 Å². The highest BCUT2D eigenvalue weighted by molar-refractivity contribution is 9.10. The van der Waals surface area contributed by atoms with Gasteiger partial charge < -0.3 is 13.9 Å². The molecule has 2 aromatic carbocycles. The van der Waals surface area contributed by atoms with E-state index < -0.39 is 0 Å². The topological polar surface area (TPSA) is 51.9 Å². The molecule has 1 aliphatic heterocycles. The minimum Gasteiger partial charge on any atom is -0.497 e. The first kappa shape index (κ1) is 19.0. The largest absolute Gasteiger partial charge is 0.497 e. The number of benzene rings is 2. The Balaban J connectivity index is 1.71. The van der Waals surface area contributed by atoms with E-state index in [2.05, 4.69) is 26.9 Å². The first-order chi connectivity index (χ1) is 13.6. The monoisotopic (exact) mass is 443 g/mol. The quantitative estimate of drug-likeness (QED) is 0.524. The molecule has 4 rings (SSSR count). The van der Waals surface area contributed by atoms with Gasteiger partial charge in [-0.05, 0) is 61.3 Å². The van der Waals surface area contributed by atoms with E-state index in [9.17, 15) is 4.79 Å². The molecule has 6 heteroatoms. The number of ether oxygens (including phenoxy) is 2. The molecule has 0 aliphatic carbocycles. The maximum atomic E-state index is 12.1. The van der Waals surface area contributed by atoms with Crippen molar-refractivity contribution >= 4 is 26.9 Å². The lowest BCUT2D eigenvalue weighted by molar-refractivity contribution is 0.243. The molecule has 0 saturated carbocycles. The summed E-state index contributed by atoms with van der Waals surface area (Å²) in [6, 6.07) is 13.5. The van der Waals surface area contributed by atoms with Gasteiger partial charge in [0.2, 0.25) is 0 Å². The molecular formula is C22H22BrNO4. The van der Waals surface area contributed by atoms with Gasteiger partial charge in [0.1, 0.15) is 17.1 Å². The van der Waals surface area contributed by atoms with Crippen molar-refractivity contribution in [2.24, 2.45) is 0 Å². The minimum atomic E-state index is -0.324. The molecule has 0 radical (unpaired) electrons. The lowest BCUT2D eigenvalue weighted by atomic mass is 10.0. The van der Waals surface area contributed by atoms with Gasteiger partial charge in [0.25, 0.3) is 0 Å². The van der Waals surface area contributed by atoms with Crippen molar-refractivity contribution in [1.82, 2.24) is 4.90 Å². The number of rotatable bonds is 5. The number of fused-ring (bicyclic) bond motifs is 1. The van der Waals surface area contributed by atoms with E-state index in [4.69, 9.17) is 13.9 Å². The molecule has 1 aromatic heterocycles. The third-order valence-electron chi connectivity index (χ3n) is 5.33. The molecule has 0 bridgehead atoms. The van der Waals surface area contributed by atoms with Gasteiger partial charge in [0.15, 0.2) is 0 Å². The molecule has 0 N–H and O–H groups in total. The Morgan fingerprint density at radius 1 is 1.14 bits per heavy atom. The van der Waals surface area contributed by atoms with Crippen LogP contribution in [-0.4, -0.2) is 25.7 Å². The van der Waals surface area contributed by atoms with Gasteiger partial charge in [-0.2, -0.15) is 0 Å². The standard InChI is InChI=1S/C22H22BrNO4/c1-26-16-6-8-20(27-2)18(12-16)19-4-3-9-24(19)13-14-10-22(25)28-21-11-15(23)5-7-17(14)21/h5-8,10-12,19H,3-4,9,13H2,1-2H3/t19-/m1/s1. The fraction of sp³-hybridized carbons (Fsp3) is 0.318. The highest BCUT2D eigenvalue weighted by Crippen LogP contribution is 2.40. The molecule has 146 valence electrons. The van der Waals surface area contributed by atoms with E-state index in [-0.39, 0.29) is 11.7 Å². The SMILES string of the molecule is COc1ccc(OC)c([C@H]2CCCN2Cc2cc(=O)oc3cc(Br)ccc23)c1. The summed E-state index contributed by atoms with van der Waals surface area (Å²) in [4.78, 5) is 14.5. The lowest BCUT2D eigenvalue weighted by Crippen LogP contribution is -2.24. The van der Waals surface area contributed by atoms with E-state index >= 15 is 0 Å². The van der Waals surface area contributed by atoms with Gasteiger partial charge in [-0.1, -0.05) is 15.9 Å². The van der Waals surface area contributed by atoms with Gasteiger partial charge in [0.05, 0.1) is 14.2 Å². The first-order valence-electron chi connectivity index (χ1n) is 9.27. The second kappa shape index (κ2) is 7.97. The van der Waals surface area contributed by atoms with Crippen LogP contribution in [0.4, 0.5) is 0 Å². The van der Waals surface area contributed by atoms with Crippen LogP contribution in [-0.2, 0) is 6.54 Å². The lowest BCUT2D eigenvalue weighted by Gasteiger charge is -2.27. The summed E-state index contributed by atoms with van der Waals surface area (Å²) < 4.78 is 17.3. The Morgan fingerprint density at radius 2 is 2.00 bits per heavy atom. The van der Waals surface area contributed by atoms with Crippen molar-refractivity contribution in [3.63, 3.8) is 0 Å². The molecule has 0 spiro atoms. The first-order valence-corrected chi connectivity index (χ1v) is 10.1. The average Bonchev–Trinajstić information content (AvgIpc) is 3.14. The van der Waals surface area contributed by atoms with Crippen LogP contribution in [0.2, 0.25) is 0 Å². The van der Waals surface area contributed by atoms with E-state index in [0.717, 1.165) is 51.9 Å². The zero-order chi connectivity index (χ0) is 19.7. The van der Waals surface area contributed by atoms with Gasteiger partial charge in [0, 0.05) is 34.1 Å². The molecule has 1 fully saturated rings. The number of nitrogens with zero attached hydrogens (tertiary/aromatic N) is 1. The Bertz CT molecular complexity index is 1060. The smallest absolute Gasteiger partial charge is 0.336 e. The number of hydrogen-bond donors (Lipinski definition) is 0. The van der Waals surface area contributed by atoms with Crippen LogP contribution in [0.25, 0.3) is 11.0 Å². The molecule has 28 heavy (non-hydrogen) atoms. The van der Waals surface area contributed by atoms with Crippen molar-refractivity contribution in [2.45, 2.75) is 25.4 Å². The average molecular weight is 444 g/mol. The Hall–Kier alpha value is -2.31. The predicted octanol–water partition coefficient (Wildman–Crippen LogP) is 4.91. The maximum Gasteiger partial charge on any atom is 0.336 e. The number of halogens is 1. The molecule has 3 aromatic rings. The summed E-state index contributed by atoms with van der Waals surface area (Å²) in [5.41, 5.74) is 2.38. The van der Waals surface area contributed by atoms with Gasteiger partial charge in [-0.3, -0.25) is 4.90 Å². The van der Waals surface area contributed by atoms with Gasteiger partial charge in [-0.15, -0.1) is 0 Å². The molecule has 5 nitrogen and oxygen atoms in total. The molecule has 2 heterocycles. The van der Waals surface area contributed by atoms with Crippen LogP contribution in [0, 0.1) is 0 Å². The maximum absolute atomic E-state index is 12.1. The van der Waals surface area contributed by atoms with Crippen molar-refractivity contribution in [3.8, 4) is 11.5 Å². The fourth-order valence-corrected chi connectivity index (χ4v) is 4.36. The van der Waals surface area contributed by atoms with Crippen LogP contribution in [0.15, 0.2) is 56.1 Å². The minimum absolute atomic E-state index is 0.211. The van der Waals surface area contributed by atoms with E-state index in [1.807, 2.05) is 30.3 Å². The summed E-state index contributed by atoms with van der Waals surface area (Å²) in [7, 11) is 3.36. The van der Waals surface area contributed by atoms with Crippen LogP contribution < -0.4 is 15.1 Å². The van der Waals surface area contributed by atoms with Crippen LogP contribution in [0.3, 0.4) is 0 Å². The summed E-state index contributed by atoms with van der Waals surface area (Å²) in [6.45, 7) is 1.64. The Labute approximate surface area is 172 Å². The van der Waals surface area contributed by atoms with Gasteiger partial charge in [-0.25, -0.2) is 4.79 Å². The Morgan fingerprint density at radius 3 is 2.79 bits per heavy atom. The number of likely N-dealkylation sites (tertiary alicyclic amines) is 1. The molecule has 1 saturated heterocycles. The second-order valence-electron chi connectivity index (χ2n) is 6.97. The van der Waals surface area contributed by atoms with E-state index in [1.54, 1.807) is 20.3 Å². The Kier molecular flexibility index (Phi) is 5.42. The summed E-state index contributed by atoms with van der Waals surface area (Å²) >= 11 is 3.44. The van der Waals surface area contributed by atoms with Crippen molar-refractivity contribution < 1.29 is 13.9 Å². The van der Waals surface area contributed by atoms with Crippen molar-refractivity contribution in [3.05, 3.63) is 68.5 Å². The van der Waals surface area contributed by atoms with Crippen molar-refractivity contribution in [2.75, 3.05) is 20.8 Å². The summed E-state index contributed by atoms with van der Waals surface area (Å²) in [6.07, 6.45) is 2.13. The summed E-state index contributed by atoms with van der Waals surface area (Å²) in [5, 5.41) is 0.964. The van der Waals surface area contributed by atoms with Crippen molar-refractivity contribution in [1.29, 1.82) is 0 Å². The molecular weight excluding hydrogens is 422 g/mol. The predicted molar refractivity (Wildman–Crippen MR) is 112 cm³/mol. The van der Waals surface area contributed by atoms with Crippen LogP contribution >= 0.6 is 15.9 Å². The third-order valence-corrected chi connectivity index (χ3v) is 5.82. The third kappa shape index (κ3) is 3.66. The fourth-order valence-electron chi connectivity index (χ4n) is 4.02. The highest BCUT2D eigenvalue weighted by Gasteiger charge is 2.29. The number of hydrogen-bond acceptors (Lipinski definition) is 5. The zero-order valence-corrected chi connectivity index (χ0v) is 17.5. The zero-order valence-electron chi connectivity index (χ0n) is 15.9. The van der Waals surface area contributed by atoms with E-state index in [1.165, 1.54) is 0 Å². The normalized spacial score (nSPS) is 17.2. The second-order valence-corrected chi connectivity index (χ2v) is 7.88. The molecule has 1 atom stereocenters. The number of methoxy groups -OCH3 is 2. The highest BCUT2D eigenvalue weighted by atomic mass is 79.9. The summed E-state index contributed by atoms with van der Waals surface area (Å²) in [5.74, 6) is 1.68. The molecule has 1 aliphatic rings. The van der Waals surface area contributed by atoms with Gasteiger partial charge >= 0.3 is 5.63 Å². The van der Waals surface area contributed by atoms with Crippen LogP contribution in [0.1, 0.15) is 30.0 Å². The van der Waals surface area contributed by atoms with Crippen LogP contribution in [0.5, 0.6) is 11.5 Å².